The van der Waals surface area contributed by atoms with Gasteiger partial charge in [0.1, 0.15) is 23.3 Å². The third kappa shape index (κ3) is 33.0. The maximum absolute atomic E-state index is 12.4. The van der Waals surface area contributed by atoms with E-state index in [4.69, 9.17) is 36.1 Å². The van der Waals surface area contributed by atoms with Crippen molar-refractivity contribution in [3.8, 4) is 0 Å². The lowest BCUT2D eigenvalue weighted by molar-refractivity contribution is -0.157. The molecule has 0 aromatic carbocycles. The normalized spacial score (nSPS) is 11.6. The number of hydrogen-bond acceptors (Lipinski definition) is 12. The maximum Gasteiger partial charge on any atom is 0.408 e. The van der Waals surface area contributed by atoms with Gasteiger partial charge in [-0.2, -0.15) is 0 Å². The summed E-state index contributed by atoms with van der Waals surface area (Å²) in [5.41, 5.74) is 20.0. The molecule has 0 bridgehead atoms. The van der Waals surface area contributed by atoms with Crippen molar-refractivity contribution < 1.29 is 48.0 Å². The number of nitrogens with one attached hydrogen (secondary N) is 3. The summed E-state index contributed by atoms with van der Waals surface area (Å²) < 4.78 is 20.0. The largest absolute Gasteiger partial charge is 0.480 e. The molecule has 48 heavy (non-hydrogen) atoms. The van der Waals surface area contributed by atoms with Gasteiger partial charge >= 0.3 is 30.2 Å². The van der Waals surface area contributed by atoms with Gasteiger partial charge in [-0.15, -0.1) is 12.4 Å². The highest BCUT2D eigenvalue weighted by Crippen LogP contribution is 2.13. The number of ether oxygens (including phenoxy) is 4. The Morgan fingerprint density at radius 1 is 0.750 bits per heavy atom. The lowest BCUT2D eigenvalue weighted by Crippen LogP contribution is -2.46. The summed E-state index contributed by atoms with van der Waals surface area (Å²) in [7, 11) is 0. The molecule has 0 aromatic rings. The molecule has 0 rings (SSSR count). The Morgan fingerprint density at radius 3 is 1.58 bits per heavy atom. The first-order chi connectivity index (χ1) is 21.9. The molecule has 0 saturated carbocycles. The lowest BCUT2D eigenvalue weighted by atomic mass is 10.1. The summed E-state index contributed by atoms with van der Waals surface area (Å²) >= 11 is 0. The van der Waals surface area contributed by atoms with Crippen molar-refractivity contribution in [2.75, 3.05) is 39.4 Å². The number of hydrogen-bond donors (Lipinski definition) is 5. The summed E-state index contributed by atoms with van der Waals surface area (Å²) in [5, 5.41) is 22.5. The fraction of sp³-hybridized carbons (Fsp3) is 0.815. The molecule has 6 N–H and O–H groups in total. The number of unbranched alkanes of at least 4 members (excludes halogenated alkanes) is 2. The third-order valence-electron chi connectivity index (χ3n) is 5.07. The van der Waals surface area contributed by atoms with Crippen LogP contribution in [-0.4, -0.2) is 98.0 Å². The van der Waals surface area contributed by atoms with Gasteiger partial charge in [0.05, 0.1) is 26.3 Å². The Bertz CT molecular complexity index is 1070. The second kappa shape index (κ2) is 27.7. The topological polar surface area (TPSA) is 302 Å². The number of carboxylic acids is 1. The van der Waals surface area contributed by atoms with Crippen molar-refractivity contribution in [2.24, 2.45) is 16.0 Å². The molecule has 0 aromatic heterocycles. The number of esters is 1. The first kappa shape index (κ1) is 48.0. The Morgan fingerprint density at radius 2 is 1.19 bits per heavy atom. The predicted molar refractivity (Wildman–Crippen MR) is 176 cm³/mol. The van der Waals surface area contributed by atoms with Gasteiger partial charge in [-0.1, -0.05) is 10.2 Å². The van der Waals surface area contributed by atoms with E-state index in [1.54, 1.807) is 41.5 Å². The number of carboxylic acid groups (broad SMARTS) is 1. The second-order valence-electron chi connectivity index (χ2n) is 11.7. The Labute approximate surface area is 286 Å². The van der Waals surface area contributed by atoms with Crippen molar-refractivity contribution in [1.29, 1.82) is 0 Å². The zero-order valence-electron chi connectivity index (χ0n) is 28.4. The van der Waals surface area contributed by atoms with Gasteiger partial charge < -0.3 is 45.7 Å². The first-order valence-corrected chi connectivity index (χ1v) is 15.0. The third-order valence-corrected chi connectivity index (χ3v) is 5.07. The van der Waals surface area contributed by atoms with Crippen molar-refractivity contribution in [3.63, 3.8) is 0 Å². The molecule has 0 aliphatic rings. The molecule has 0 heterocycles. The van der Waals surface area contributed by atoms with Gasteiger partial charge in [-0.3, -0.25) is 4.79 Å². The smallest absolute Gasteiger partial charge is 0.408 e. The average molecular weight is 711 g/mol. The van der Waals surface area contributed by atoms with Crippen LogP contribution in [0.4, 0.5) is 14.4 Å². The minimum absolute atomic E-state index is 0. The zero-order valence-corrected chi connectivity index (χ0v) is 29.2. The van der Waals surface area contributed by atoms with Crippen LogP contribution in [0.3, 0.4) is 0 Å². The molecule has 0 unspecified atom stereocenters. The number of nitrogens with zero attached hydrogens (tertiary/aromatic N) is 6. The van der Waals surface area contributed by atoms with E-state index in [1.807, 2.05) is 0 Å². The van der Waals surface area contributed by atoms with Crippen molar-refractivity contribution in [2.45, 2.75) is 103 Å². The number of aliphatic carboxylic acids is 1. The van der Waals surface area contributed by atoms with Crippen LogP contribution in [0.1, 0.15) is 80.1 Å². The highest BCUT2D eigenvalue weighted by atomic mass is 35.5. The second-order valence-corrected chi connectivity index (χ2v) is 11.7. The summed E-state index contributed by atoms with van der Waals surface area (Å²) in [5.74, 6) is -1.57. The van der Waals surface area contributed by atoms with E-state index in [0.717, 1.165) is 0 Å². The number of azide groups is 2. The molecule has 2 atom stereocenters. The summed E-state index contributed by atoms with van der Waals surface area (Å²) in [4.78, 5) is 62.3. The van der Waals surface area contributed by atoms with E-state index in [2.05, 4.69) is 40.7 Å². The minimum atomic E-state index is -1.03. The Balaban J connectivity index is -0.000000918. The van der Waals surface area contributed by atoms with E-state index in [-0.39, 0.29) is 38.7 Å². The average Bonchev–Trinajstić information content (AvgIpc) is 2.95. The summed E-state index contributed by atoms with van der Waals surface area (Å²) in [6.07, 6.45) is 1.10. The van der Waals surface area contributed by atoms with Crippen LogP contribution in [0.2, 0.25) is 0 Å². The number of carbonyl (C=O) groups excluding carboxylic acids is 4. The number of amides is 3. The molecule has 0 saturated heterocycles. The number of rotatable bonds is 19. The molecule has 20 nitrogen and oxygen atoms in total. The number of alkyl carbamates (subject to hydrolysis) is 3. The van der Waals surface area contributed by atoms with Gasteiger partial charge in [0.15, 0.2) is 0 Å². The van der Waals surface area contributed by atoms with Crippen LogP contribution >= 0.6 is 12.4 Å². The van der Waals surface area contributed by atoms with Crippen LogP contribution in [0.25, 0.3) is 20.9 Å². The minimum Gasteiger partial charge on any atom is -0.480 e. The summed E-state index contributed by atoms with van der Waals surface area (Å²) in [6.45, 7) is 11.3. The van der Waals surface area contributed by atoms with Crippen molar-refractivity contribution >= 4 is 42.6 Å². The zero-order chi connectivity index (χ0) is 36.3. The van der Waals surface area contributed by atoms with Gasteiger partial charge in [0.25, 0.3) is 0 Å². The van der Waals surface area contributed by atoms with Gasteiger partial charge in [-0.25, -0.2) is 19.2 Å². The fourth-order valence-corrected chi connectivity index (χ4v) is 3.09. The Kier molecular flexibility index (Phi) is 27.7. The van der Waals surface area contributed by atoms with Crippen LogP contribution in [0, 0.1) is 0 Å². The molecule has 0 aliphatic carbocycles. The number of nitrogens with two attached hydrogens (primary N) is 1. The van der Waals surface area contributed by atoms with E-state index >= 15 is 0 Å². The molecule has 276 valence electrons. The van der Waals surface area contributed by atoms with Crippen LogP contribution in [-0.2, 0) is 28.5 Å². The van der Waals surface area contributed by atoms with Crippen LogP contribution in [0.15, 0.2) is 10.2 Å². The van der Waals surface area contributed by atoms with Gasteiger partial charge in [0.2, 0.25) is 0 Å². The number of halogens is 1. The first-order valence-electron chi connectivity index (χ1n) is 15.0. The van der Waals surface area contributed by atoms with Gasteiger partial charge in [0, 0.05) is 22.9 Å². The van der Waals surface area contributed by atoms with E-state index in [1.165, 1.54) is 0 Å². The maximum atomic E-state index is 12.4. The van der Waals surface area contributed by atoms with E-state index < -0.39 is 53.5 Å². The standard InChI is InChI=1S/C18H33N5O6.C9H17N5O4.ClH/c1-17(2,3)28-14(24)13(22-16(26)29-18(4,5)6)9-7-8-10-20-15(25)27-12-11-21-23-19;10-7(8(15)16)3-1-2-4-12-9(17)18-6-5-13-14-11;/h13H,7-12H2,1-6H3,(H,20,25)(H,22,26);7H,1-6,10H2,(H,12,17)(H,15,16);1H/t13-;7-;/m00./s1. The van der Waals surface area contributed by atoms with Crippen molar-refractivity contribution in [3.05, 3.63) is 20.9 Å². The van der Waals surface area contributed by atoms with Crippen LogP contribution in [0.5, 0.6) is 0 Å². The monoisotopic (exact) mass is 710 g/mol. The molecule has 3 amide bonds. The molecule has 0 radical (unpaired) electrons. The lowest BCUT2D eigenvalue weighted by Gasteiger charge is -2.26. The predicted octanol–water partition coefficient (Wildman–Crippen LogP) is 4.46. The molecule has 21 heteroatoms. The molecular weight excluding hydrogens is 660 g/mol. The van der Waals surface area contributed by atoms with E-state index in [9.17, 15) is 24.0 Å². The molecule has 0 aliphatic heterocycles. The Hall–Kier alpha value is -4.38. The highest BCUT2D eigenvalue weighted by molar-refractivity contribution is 5.85. The molecular formula is C27H51ClN10O10. The highest BCUT2D eigenvalue weighted by Gasteiger charge is 2.28. The van der Waals surface area contributed by atoms with E-state index in [0.29, 0.717) is 51.6 Å². The van der Waals surface area contributed by atoms with Crippen molar-refractivity contribution in [1.82, 2.24) is 16.0 Å². The fourth-order valence-electron chi connectivity index (χ4n) is 3.09. The van der Waals surface area contributed by atoms with Gasteiger partial charge in [-0.05, 0) is 91.1 Å². The molecule has 0 fully saturated rings. The molecule has 0 spiro atoms. The SMILES string of the molecule is CC(C)(C)OC(=O)N[C@@H](CCCCNC(=O)OCCN=[N+]=[N-])C(=O)OC(C)(C)C.Cl.[N-]=[N+]=NCCOC(=O)NCCCC[C@H](N)C(=O)O. The number of carbonyl (C=O) groups is 5. The quantitative estimate of drug-likeness (QED) is 0.0311. The summed E-state index contributed by atoms with van der Waals surface area (Å²) in [6, 6.07) is -1.72. The van der Waals surface area contributed by atoms with Crippen LogP contribution < -0.4 is 21.7 Å².